The molecule has 0 saturated carbocycles. The highest BCUT2D eigenvalue weighted by molar-refractivity contribution is 7.82. The Kier molecular flexibility index (Phi) is 39.7. The highest BCUT2D eigenvalue weighted by atomic mass is 32.3. The second kappa shape index (κ2) is 43.6. The number of methoxy groups -OCH3 is 9. The van der Waals surface area contributed by atoms with Crippen LogP contribution in [0.3, 0.4) is 0 Å². The molecule has 682 valence electrons. The monoisotopic (exact) mass is 1890 g/mol. The van der Waals surface area contributed by atoms with Gasteiger partial charge in [-0.05, 0) is 0 Å². The predicted molar refractivity (Wildman–Crippen MR) is 343 cm³/mol. The number of carbonyl (C=O) groups is 1. The highest BCUT2D eigenvalue weighted by Crippen LogP contribution is 2.39. The summed E-state index contributed by atoms with van der Waals surface area (Å²) >= 11 is 0. The van der Waals surface area contributed by atoms with Gasteiger partial charge in [0.2, 0.25) is 0 Å². The molecule has 0 aromatic carbocycles. The predicted octanol–water partition coefficient (Wildman–Crippen LogP) is -11.8. The molecule has 15 N–H and O–H groups in total. The van der Waals surface area contributed by atoms with Gasteiger partial charge in [-0.1, -0.05) is 0 Å². The minimum absolute atomic E-state index is 0.0445. The second-order valence-corrected chi connectivity index (χ2v) is 32.8. The summed E-state index contributed by atoms with van der Waals surface area (Å²) in [6.45, 7) is -4.76. The number of hydrogen-bond acceptors (Lipinski definition) is 51. The largest absolute Gasteiger partial charge is 0.479 e. The fraction of sp³-hybridized carbons (Fsp3) is 0.978. The number of ether oxygens (including phenoxy) is 18. The third-order valence-electron chi connectivity index (χ3n) is 15.8. The Balaban J connectivity index is 0.000000369. The summed E-state index contributed by atoms with van der Waals surface area (Å²) in [6, 6.07) is 0. The van der Waals surface area contributed by atoms with Crippen molar-refractivity contribution < 1.29 is 275 Å². The maximum absolute atomic E-state index is 11.7. The Morgan fingerprint density at radius 1 is 0.261 bits per heavy atom. The van der Waals surface area contributed by atoms with Crippen LogP contribution >= 0.6 is 0 Å². The summed E-state index contributed by atoms with van der Waals surface area (Å²) in [7, 11) is -38.5. The lowest BCUT2D eigenvalue weighted by atomic mass is 9.96. The van der Waals surface area contributed by atoms with Crippen molar-refractivity contribution in [2.75, 3.05) is 97.0 Å². The molecule has 0 amide bonds. The normalized spacial score (nSPS) is 37.0. The van der Waals surface area contributed by atoms with Crippen molar-refractivity contribution in [2.24, 2.45) is 0 Å². The van der Waals surface area contributed by atoms with E-state index in [0.29, 0.717) is 0 Å². The quantitative estimate of drug-likeness (QED) is 0.0254. The van der Waals surface area contributed by atoms with Crippen molar-refractivity contribution in [3.05, 3.63) is 0 Å². The van der Waals surface area contributed by atoms with Gasteiger partial charge in [0, 0.05) is 64.0 Å². The van der Waals surface area contributed by atoms with Crippen molar-refractivity contribution in [1.29, 1.82) is 0 Å². The molecular weight excluding hydrogens is 1810 g/mol. The van der Waals surface area contributed by atoms with Gasteiger partial charge in [-0.25, -0.2) is 42.4 Å². The van der Waals surface area contributed by atoms with E-state index in [-0.39, 0.29) is 6.61 Å². The van der Waals surface area contributed by atoms with E-state index in [1.54, 1.807) is 0 Å². The van der Waals surface area contributed by atoms with Crippen LogP contribution in [0.5, 0.6) is 0 Å². The van der Waals surface area contributed by atoms with Crippen molar-refractivity contribution in [1.82, 2.24) is 0 Å². The molecule has 6 aliphatic rings. The zero-order valence-corrected chi connectivity index (χ0v) is 66.9. The van der Waals surface area contributed by atoms with Gasteiger partial charge in [0.25, 0.3) is 0 Å². The van der Waals surface area contributed by atoms with E-state index in [1.165, 1.54) is 28.4 Å². The van der Waals surface area contributed by atoms with Gasteiger partial charge in [0.05, 0.1) is 33.0 Å². The minimum atomic E-state index is -5.62. The molecule has 0 aromatic rings. The Morgan fingerprint density at radius 3 is 0.922 bits per heavy atom. The lowest BCUT2D eigenvalue weighted by molar-refractivity contribution is -0.359. The van der Waals surface area contributed by atoms with Crippen LogP contribution in [-0.2, 0) is 221 Å². The average Bonchev–Trinajstić information content (AvgIpc) is 0.774. The number of aliphatic hydroxyl groups excluding tert-OH is 5. The molecule has 0 spiro atoms. The first kappa shape index (κ1) is 105. The van der Waals surface area contributed by atoms with Crippen molar-refractivity contribution in [3.8, 4) is 0 Å². The van der Waals surface area contributed by atoms with E-state index in [2.05, 4.69) is 37.6 Å². The summed E-state index contributed by atoms with van der Waals surface area (Å²) in [5.74, 6) is -1.73. The van der Waals surface area contributed by atoms with Gasteiger partial charge >= 0.3 is 99.6 Å². The summed E-state index contributed by atoms with van der Waals surface area (Å²) in [4.78, 5) is 11.6. The Morgan fingerprint density at radius 2 is 0.557 bits per heavy atom. The summed E-state index contributed by atoms with van der Waals surface area (Å²) < 4.78 is 420. The molecule has 0 unspecified atom stereocenters. The molecule has 30 atom stereocenters. The van der Waals surface area contributed by atoms with Crippen molar-refractivity contribution in [3.63, 3.8) is 0 Å². The highest BCUT2D eigenvalue weighted by Gasteiger charge is 2.60. The SMILES string of the molecule is COC[C@H]1O[C@@H](O[C@H]2[C@H](OC)[C@@H](OC)[C@H](O)O[C@@H]2COS(=O)(=O)O)[C@H](O)[C@@H](OC)[C@@H]1O.CO[C@@H]1[C@@H](OS(=O)(=O)O)[C@H](O)O[C@H](COS(=O)(=O)O)[C@H]1O[C@H]1O[C@H](COS(=O)(=O)O)[C@@H](OS(=O)(=O)O)[C@H](OC)[C@H]1OS(=O)(=O)O.CO[C@H]1O[C@H](COS(=O)(=O)O)[C@H](O[C@H]2O[C@@H](C(=O)O)[C@@H](O)[C@H](OC)[C@H]2OC)[C@H](OS(=O)(=O)O)[C@H]1OS(=O)(=O)O. The third kappa shape index (κ3) is 32.9. The number of carboxylic acid groups (broad SMARTS) is 1. The van der Waals surface area contributed by atoms with Crippen LogP contribution in [0.1, 0.15) is 0 Å². The molecule has 115 heavy (non-hydrogen) atoms. The molecule has 6 fully saturated rings. The molecular formula is C45H82O61S9. The van der Waals surface area contributed by atoms with E-state index >= 15 is 0 Å². The summed E-state index contributed by atoms with van der Waals surface area (Å²) in [6.07, 6.45) is -54.7. The lowest BCUT2D eigenvalue weighted by Gasteiger charge is -2.48. The molecule has 61 nitrogen and oxygen atoms in total. The van der Waals surface area contributed by atoms with Crippen molar-refractivity contribution in [2.45, 2.75) is 184 Å². The zero-order chi connectivity index (χ0) is 88.0. The first-order chi connectivity index (χ1) is 52.6. The van der Waals surface area contributed by atoms with Crippen molar-refractivity contribution >= 4 is 99.6 Å². The number of hydrogen-bond donors (Lipinski definition) is 15. The van der Waals surface area contributed by atoms with E-state index < -0.39 is 310 Å². The smallest absolute Gasteiger partial charge is 0.397 e. The molecule has 0 aliphatic carbocycles. The topological polar surface area (TPSA) is 877 Å². The van der Waals surface area contributed by atoms with Gasteiger partial charge in [-0.15, -0.1) is 0 Å². The van der Waals surface area contributed by atoms with E-state index in [4.69, 9.17) is 108 Å². The maximum Gasteiger partial charge on any atom is 0.397 e. The van der Waals surface area contributed by atoms with Crippen LogP contribution in [0.15, 0.2) is 0 Å². The molecule has 6 saturated heterocycles. The molecule has 6 heterocycles. The second-order valence-electron chi connectivity index (χ2n) is 23.2. The summed E-state index contributed by atoms with van der Waals surface area (Å²) in [5.41, 5.74) is 0. The molecule has 0 radical (unpaired) electrons. The van der Waals surface area contributed by atoms with E-state index in [1.807, 2.05) is 0 Å². The molecule has 6 rings (SSSR count). The average molecular weight is 1890 g/mol. The number of rotatable bonds is 39. The Labute approximate surface area is 652 Å². The van der Waals surface area contributed by atoms with Crippen LogP contribution < -0.4 is 0 Å². The van der Waals surface area contributed by atoms with Crippen LogP contribution in [-0.4, -0.2) is 435 Å². The van der Waals surface area contributed by atoms with Gasteiger partial charge in [0.15, 0.2) is 62.2 Å². The third-order valence-corrected chi connectivity index (χ3v) is 19.9. The molecule has 6 aliphatic heterocycles. The van der Waals surface area contributed by atoms with Crippen LogP contribution in [0.25, 0.3) is 0 Å². The van der Waals surface area contributed by atoms with Gasteiger partial charge in [-0.2, -0.15) is 75.8 Å². The van der Waals surface area contributed by atoms with Gasteiger partial charge in [0.1, 0.15) is 122 Å². The number of aliphatic carboxylic acids is 1. The van der Waals surface area contributed by atoms with Crippen LogP contribution in [0.2, 0.25) is 0 Å². The first-order valence-electron chi connectivity index (χ1n) is 30.6. The zero-order valence-electron chi connectivity index (χ0n) is 59.5. The number of aliphatic hydroxyl groups is 5. The minimum Gasteiger partial charge on any atom is -0.479 e. The Hall–Kier alpha value is -2.62. The van der Waals surface area contributed by atoms with Crippen LogP contribution in [0, 0.1) is 0 Å². The fourth-order valence-corrected chi connectivity index (χ4v) is 15.2. The summed E-state index contributed by atoms with van der Waals surface area (Å²) in [5, 5.41) is 61.1. The molecule has 70 heteroatoms. The van der Waals surface area contributed by atoms with E-state index in [0.717, 1.165) is 35.5 Å². The fourth-order valence-electron chi connectivity index (χ4n) is 11.5. The first-order valence-corrected chi connectivity index (χ1v) is 42.9. The number of carboxylic acids is 1. The van der Waals surface area contributed by atoms with Gasteiger partial charge in [-0.3, -0.25) is 41.0 Å². The maximum atomic E-state index is 11.7. The van der Waals surface area contributed by atoms with E-state index in [9.17, 15) is 129 Å². The molecule has 0 aromatic heterocycles. The molecule has 0 bridgehead atoms. The van der Waals surface area contributed by atoms with Crippen LogP contribution in [0.4, 0.5) is 0 Å². The lowest BCUT2D eigenvalue weighted by Crippen LogP contribution is -2.66. The van der Waals surface area contributed by atoms with Gasteiger partial charge < -0.3 is 116 Å². The standard InChI is InChI=1S/C16H30O14S.C15H26O21S3.C14H26O26S5/c1-23-5-7-9(17)12(24-2)10(18)16(29-7)30-11-8(6-27-31(20,21)22)28-15(19)14(26-4)13(11)25-3;1-28-8-6(16)9(13(17)18)34-15(11(8)29-2)33-7-5(4-31-37(19,20)21)32-14(30-3)12(36-39(25,26)27)10(7)35-38(22,23)24;1-31-9-7(5(3-33-41(16,17)18)35-13(15)11(9)39-44(25,26)27)37-14-12(40-45(28,29)30)10(32-2)8(38-43(22,23)24)6(36-14)4-34-42(19,20)21/h7-19H,5-6H2,1-4H3,(H,20,21,22);5-12,14-16H,4H2,1-3H3,(H,17,18)(H,19,20,21)(H,22,23,24)(H,25,26,27);5-15H,3-4H2,1-2H3,(H,16,17,18)(H,19,20,21)(H,22,23,24)(H,25,26,27)(H,28,29,30)/t7-,8-,9-,10-,11-,12+,13+,14-,15-,16+;5-,6+,7+,8+,9-,10+,11-,12-,14+,15+;5-,6-,7-,8-,9+,10+,11-,12-,13-,14-/m111/s1. The Bertz CT molecular complexity index is 4140.